The lowest BCUT2D eigenvalue weighted by Crippen LogP contribution is -2.30. The maximum Gasteiger partial charge on any atom is 0.257 e. The third-order valence-corrected chi connectivity index (χ3v) is 4.48. The average molecular weight is 401 g/mol. The molecule has 0 atom stereocenters. The number of rotatable bonds is 7. The van der Waals surface area contributed by atoms with Crippen molar-refractivity contribution in [2.24, 2.45) is 0 Å². The van der Waals surface area contributed by atoms with Crippen molar-refractivity contribution < 1.29 is 9.53 Å². The summed E-state index contributed by atoms with van der Waals surface area (Å²) in [5.74, 6) is 1.35. The lowest BCUT2D eigenvalue weighted by atomic mass is 10.3. The number of carbonyl (C=O) groups excluding carboxylic acids is 1. The molecule has 0 radical (unpaired) electrons. The third-order valence-electron chi connectivity index (χ3n) is 2.69. The molecule has 0 aliphatic rings. The van der Waals surface area contributed by atoms with Crippen molar-refractivity contribution in [3.8, 4) is 5.75 Å². The van der Waals surface area contributed by atoms with E-state index in [4.69, 9.17) is 16.3 Å². The average Bonchev–Trinajstić information content (AvgIpc) is 2.53. The van der Waals surface area contributed by atoms with Crippen LogP contribution in [-0.4, -0.2) is 24.8 Å². The molecule has 0 aliphatic heterocycles. The van der Waals surface area contributed by atoms with E-state index in [0.717, 1.165) is 20.1 Å². The minimum atomic E-state index is -0.125. The van der Waals surface area contributed by atoms with Gasteiger partial charge in [-0.2, -0.15) is 0 Å². The van der Waals surface area contributed by atoms with Gasteiger partial charge in [-0.05, 0) is 48.5 Å². The number of halogens is 2. The van der Waals surface area contributed by atoms with Gasteiger partial charge in [0, 0.05) is 26.7 Å². The Labute approximate surface area is 147 Å². The number of amides is 1. The van der Waals surface area contributed by atoms with E-state index in [1.165, 1.54) is 0 Å². The molecule has 3 nitrogen and oxygen atoms in total. The number of nitrogens with one attached hydrogen (secondary N) is 1. The topological polar surface area (TPSA) is 38.3 Å². The van der Waals surface area contributed by atoms with Crippen molar-refractivity contribution in [1.82, 2.24) is 5.32 Å². The molecule has 2 aromatic carbocycles. The van der Waals surface area contributed by atoms with E-state index in [-0.39, 0.29) is 12.5 Å². The maximum absolute atomic E-state index is 11.7. The predicted molar refractivity (Wildman–Crippen MR) is 94.8 cm³/mol. The molecule has 1 N–H and O–H groups in total. The van der Waals surface area contributed by atoms with Gasteiger partial charge in [-0.3, -0.25) is 4.79 Å². The molecule has 0 saturated heterocycles. The van der Waals surface area contributed by atoms with Crippen LogP contribution in [0.25, 0.3) is 0 Å². The van der Waals surface area contributed by atoms with Crippen LogP contribution in [0.3, 0.4) is 0 Å². The number of carbonyl (C=O) groups is 1. The zero-order valence-electron chi connectivity index (χ0n) is 11.7. The molecule has 116 valence electrons. The molecule has 0 heterocycles. The Morgan fingerprint density at radius 1 is 1.14 bits per heavy atom. The lowest BCUT2D eigenvalue weighted by Gasteiger charge is -2.07. The highest BCUT2D eigenvalue weighted by molar-refractivity contribution is 9.10. The van der Waals surface area contributed by atoms with Gasteiger partial charge in [-0.15, -0.1) is 11.8 Å². The van der Waals surface area contributed by atoms with Crippen LogP contribution >= 0.6 is 39.3 Å². The summed E-state index contributed by atoms with van der Waals surface area (Å²) < 4.78 is 6.37. The number of hydrogen-bond acceptors (Lipinski definition) is 3. The van der Waals surface area contributed by atoms with Crippen LogP contribution in [0.2, 0.25) is 5.02 Å². The van der Waals surface area contributed by atoms with Gasteiger partial charge in [0.05, 0.1) is 0 Å². The highest BCUT2D eigenvalue weighted by Crippen LogP contribution is 2.19. The molecule has 0 saturated carbocycles. The van der Waals surface area contributed by atoms with Crippen LogP contribution in [0.15, 0.2) is 57.9 Å². The van der Waals surface area contributed by atoms with Crippen molar-refractivity contribution in [3.05, 3.63) is 58.0 Å². The first-order valence-corrected chi connectivity index (χ1v) is 8.82. The zero-order valence-corrected chi connectivity index (χ0v) is 14.9. The lowest BCUT2D eigenvalue weighted by molar-refractivity contribution is -0.122. The van der Waals surface area contributed by atoms with Gasteiger partial charge in [0.2, 0.25) is 0 Å². The largest absolute Gasteiger partial charge is 0.484 e. The second-order valence-corrected chi connectivity index (χ2v) is 6.92. The molecule has 0 aromatic heterocycles. The second kappa shape index (κ2) is 9.08. The van der Waals surface area contributed by atoms with Crippen molar-refractivity contribution in [2.75, 3.05) is 18.9 Å². The van der Waals surface area contributed by atoms with Crippen LogP contribution in [0.4, 0.5) is 0 Å². The van der Waals surface area contributed by atoms with E-state index in [2.05, 4.69) is 21.2 Å². The van der Waals surface area contributed by atoms with E-state index < -0.39 is 0 Å². The van der Waals surface area contributed by atoms with Gasteiger partial charge in [-0.1, -0.05) is 27.5 Å². The van der Waals surface area contributed by atoms with E-state index in [1.54, 1.807) is 11.8 Å². The Bertz CT molecular complexity index is 605. The summed E-state index contributed by atoms with van der Waals surface area (Å²) in [6.45, 7) is 0.614. The molecule has 1 amide bonds. The maximum atomic E-state index is 11.7. The van der Waals surface area contributed by atoms with Crippen LogP contribution < -0.4 is 10.1 Å². The van der Waals surface area contributed by atoms with Gasteiger partial charge in [0.25, 0.3) is 5.91 Å². The first kappa shape index (κ1) is 17.2. The van der Waals surface area contributed by atoms with Gasteiger partial charge < -0.3 is 10.1 Å². The summed E-state index contributed by atoms with van der Waals surface area (Å²) in [7, 11) is 0. The molecular weight excluding hydrogens is 386 g/mol. The smallest absolute Gasteiger partial charge is 0.257 e. The summed E-state index contributed by atoms with van der Waals surface area (Å²) in [4.78, 5) is 12.8. The monoisotopic (exact) mass is 399 g/mol. The van der Waals surface area contributed by atoms with Crippen molar-refractivity contribution >= 4 is 45.2 Å². The van der Waals surface area contributed by atoms with E-state index >= 15 is 0 Å². The van der Waals surface area contributed by atoms with E-state index in [1.807, 2.05) is 48.5 Å². The van der Waals surface area contributed by atoms with E-state index in [0.29, 0.717) is 12.3 Å². The molecule has 0 aliphatic carbocycles. The SMILES string of the molecule is O=C(COc1ccc(Br)cc1)NCCSc1ccc(Cl)cc1. The molecule has 6 heteroatoms. The Morgan fingerprint density at radius 2 is 1.82 bits per heavy atom. The van der Waals surface area contributed by atoms with Gasteiger partial charge in [-0.25, -0.2) is 0 Å². The van der Waals surface area contributed by atoms with Crippen LogP contribution in [0.1, 0.15) is 0 Å². The first-order chi connectivity index (χ1) is 10.6. The summed E-state index contributed by atoms with van der Waals surface area (Å²) in [6, 6.07) is 15.0. The van der Waals surface area contributed by atoms with Crippen molar-refractivity contribution in [1.29, 1.82) is 0 Å². The number of hydrogen-bond donors (Lipinski definition) is 1. The summed E-state index contributed by atoms with van der Waals surface area (Å²) in [6.07, 6.45) is 0. The zero-order chi connectivity index (χ0) is 15.8. The molecule has 0 fully saturated rings. The number of benzene rings is 2. The Balaban J connectivity index is 1.61. The fourth-order valence-electron chi connectivity index (χ4n) is 1.62. The van der Waals surface area contributed by atoms with Crippen LogP contribution in [0, 0.1) is 0 Å². The van der Waals surface area contributed by atoms with Crippen LogP contribution in [-0.2, 0) is 4.79 Å². The summed E-state index contributed by atoms with van der Waals surface area (Å²) in [5, 5.41) is 3.55. The molecule has 0 unspecified atom stereocenters. The quantitative estimate of drug-likeness (QED) is 0.553. The fraction of sp³-hybridized carbons (Fsp3) is 0.188. The third kappa shape index (κ3) is 6.30. The number of thioether (sulfide) groups is 1. The van der Waals surface area contributed by atoms with Gasteiger partial charge >= 0.3 is 0 Å². The van der Waals surface area contributed by atoms with E-state index in [9.17, 15) is 4.79 Å². The molecule has 2 aromatic rings. The second-order valence-electron chi connectivity index (χ2n) is 4.39. The Morgan fingerprint density at radius 3 is 2.50 bits per heavy atom. The fourth-order valence-corrected chi connectivity index (χ4v) is 2.78. The molecule has 22 heavy (non-hydrogen) atoms. The van der Waals surface area contributed by atoms with Crippen molar-refractivity contribution in [3.63, 3.8) is 0 Å². The first-order valence-electron chi connectivity index (χ1n) is 6.67. The summed E-state index contributed by atoms with van der Waals surface area (Å²) >= 11 is 10.8. The minimum Gasteiger partial charge on any atom is -0.484 e. The normalized spacial score (nSPS) is 10.3. The molecule has 0 bridgehead atoms. The highest BCUT2D eigenvalue weighted by atomic mass is 79.9. The highest BCUT2D eigenvalue weighted by Gasteiger charge is 2.02. The van der Waals surface area contributed by atoms with Crippen LogP contribution in [0.5, 0.6) is 5.75 Å². The van der Waals surface area contributed by atoms with Crippen molar-refractivity contribution in [2.45, 2.75) is 4.90 Å². The Kier molecular flexibility index (Phi) is 7.09. The standard InChI is InChI=1S/C16H15BrClNO2S/c17-12-1-5-14(6-2-12)21-11-16(20)19-9-10-22-15-7-3-13(18)4-8-15/h1-8H,9-11H2,(H,19,20). The minimum absolute atomic E-state index is 0.0211. The molecular formula is C16H15BrClNO2S. The number of ether oxygens (including phenoxy) is 1. The molecule has 0 spiro atoms. The Hall–Kier alpha value is -1.17. The summed E-state index contributed by atoms with van der Waals surface area (Å²) in [5.41, 5.74) is 0. The van der Waals surface area contributed by atoms with Gasteiger partial charge in [0.15, 0.2) is 6.61 Å². The molecule has 2 rings (SSSR count). The predicted octanol–water partition coefficient (Wildman–Crippen LogP) is 4.39. The van der Waals surface area contributed by atoms with Gasteiger partial charge in [0.1, 0.15) is 5.75 Å².